The Hall–Kier alpha value is -2.31. The second-order valence-corrected chi connectivity index (χ2v) is 14.0. The van der Waals surface area contributed by atoms with Gasteiger partial charge in [0.1, 0.15) is 48.8 Å². The SMILES string of the molecule is CC/C=C\C/C=C\C/C=C\C/C=C\CCCCCCC(=O)NC(COC1OC(CO)C(OC2OC(CO)C(O)C(O)C2O)C(O)C1O)C(O)/C=C/CCCC. The van der Waals surface area contributed by atoms with Crippen LogP contribution < -0.4 is 5.32 Å². The summed E-state index contributed by atoms with van der Waals surface area (Å²) in [5.74, 6) is -0.278. The maximum absolute atomic E-state index is 12.9. The van der Waals surface area contributed by atoms with E-state index in [0.29, 0.717) is 6.42 Å². The molecule has 0 spiro atoms. The molecule has 12 unspecified atom stereocenters. The number of hydrogen-bond donors (Lipinski definition) is 9. The molecule has 14 nitrogen and oxygen atoms in total. The Morgan fingerprint density at radius 2 is 1.25 bits per heavy atom. The van der Waals surface area contributed by atoms with Crippen LogP contribution in [0.25, 0.3) is 0 Å². The van der Waals surface area contributed by atoms with E-state index in [1.165, 1.54) is 0 Å². The minimum Gasteiger partial charge on any atom is -0.394 e. The van der Waals surface area contributed by atoms with Crippen LogP contribution in [-0.4, -0.2) is 140 Å². The van der Waals surface area contributed by atoms with Crippen molar-refractivity contribution in [1.82, 2.24) is 5.32 Å². The molecule has 55 heavy (non-hydrogen) atoms. The lowest BCUT2D eigenvalue weighted by Crippen LogP contribution is -2.65. The summed E-state index contributed by atoms with van der Waals surface area (Å²) in [5, 5.41) is 85.6. The van der Waals surface area contributed by atoms with Crippen LogP contribution in [0.5, 0.6) is 0 Å². The normalized spacial score (nSPS) is 30.4. The zero-order valence-electron chi connectivity index (χ0n) is 32.6. The summed E-state index contributed by atoms with van der Waals surface area (Å²) in [6.45, 7) is 2.43. The number of amides is 1. The van der Waals surface area contributed by atoms with Gasteiger partial charge in [0.15, 0.2) is 12.6 Å². The number of hydrogen-bond acceptors (Lipinski definition) is 13. The van der Waals surface area contributed by atoms with Gasteiger partial charge in [-0.3, -0.25) is 4.79 Å². The average Bonchev–Trinajstić information content (AvgIpc) is 3.18. The lowest BCUT2D eigenvalue weighted by molar-refractivity contribution is -0.359. The molecule has 0 aromatic rings. The zero-order valence-corrected chi connectivity index (χ0v) is 32.6. The highest BCUT2D eigenvalue weighted by atomic mass is 16.7. The van der Waals surface area contributed by atoms with E-state index in [9.17, 15) is 45.6 Å². The topological polar surface area (TPSA) is 228 Å². The smallest absolute Gasteiger partial charge is 0.220 e. The lowest BCUT2D eigenvalue weighted by Gasteiger charge is -2.46. The monoisotopic (exact) mass is 783 g/mol. The first kappa shape index (κ1) is 48.8. The third kappa shape index (κ3) is 18.2. The molecule has 316 valence electrons. The van der Waals surface area contributed by atoms with Gasteiger partial charge < -0.3 is 65.1 Å². The molecule has 0 aromatic heterocycles. The van der Waals surface area contributed by atoms with E-state index in [4.69, 9.17) is 18.9 Å². The van der Waals surface area contributed by atoms with Crippen molar-refractivity contribution < 1.29 is 64.6 Å². The van der Waals surface area contributed by atoms with Gasteiger partial charge in [0.2, 0.25) is 5.91 Å². The van der Waals surface area contributed by atoms with Crippen LogP contribution in [0.2, 0.25) is 0 Å². The molecule has 2 fully saturated rings. The zero-order chi connectivity index (χ0) is 40.4. The molecule has 2 rings (SSSR count). The van der Waals surface area contributed by atoms with Crippen LogP contribution in [-0.2, 0) is 23.7 Å². The summed E-state index contributed by atoms with van der Waals surface area (Å²) in [5.41, 5.74) is 0. The first-order valence-electron chi connectivity index (χ1n) is 20.0. The summed E-state index contributed by atoms with van der Waals surface area (Å²) in [4.78, 5) is 12.9. The maximum Gasteiger partial charge on any atom is 0.220 e. The summed E-state index contributed by atoms with van der Waals surface area (Å²) in [7, 11) is 0. The van der Waals surface area contributed by atoms with Crippen molar-refractivity contribution in [3.63, 3.8) is 0 Å². The highest BCUT2D eigenvalue weighted by Crippen LogP contribution is 2.29. The van der Waals surface area contributed by atoms with Crippen LogP contribution in [0.3, 0.4) is 0 Å². The van der Waals surface area contributed by atoms with Crippen LogP contribution >= 0.6 is 0 Å². The van der Waals surface area contributed by atoms with Crippen molar-refractivity contribution in [1.29, 1.82) is 0 Å². The summed E-state index contributed by atoms with van der Waals surface area (Å²) < 4.78 is 22.4. The molecule has 9 N–H and O–H groups in total. The van der Waals surface area contributed by atoms with Gasteiger partial charge in [0, 0.05) is 6.42 Å². The number of nitrogens with one attached hydrogen (secondary N) is 1. The summed E-state index contributed by atoms with van der Waals surface area (Å²) >= 11 is 0. The molecule has 12 atom stereocenters. The quantitative estimate of drug-likeness (QED) is 0.0431. The number of carbonyl (C=O) groups excluding carboxylic acids is 1. The van der Waals surface area contributed by atoms with Gasteiger partial charge in [-0.1, -0.05) is 100 Å². The van der Waals surface area contributed by atoms with Gasteiger partial charge in [-0.2, -0.15) is 0 Å². The molecule has 2 heterocycles. The highest BCUT2D eigenvalue weighted by molar-refractivity contribution is 5.76. The van der Waals surface area contributed by atoms with Crippen LogP contribution in [0, 0.1) is 0 Å². The fourth-order valence-corrected chi connectivity index (χ4v) is 6.09. The number of allylic oxidation sites excluding steroid dienone is 9. The number of rotatable bonds is 27. The first-order valence-corrected chi connectivity index (χ1v) is 20.0. The van der Waals surface area contributed by atoms with E-state index in [1.54, 1.807) is 6.08 Å². The number of unbranched alkanes of at least 4 members (excludes halogenated alkanes) is 6. The Kier molecular flexibility index (Phi) is 25.7. The van der Waals surface area contributed by atoms with Crippen molar-refractivity contribution in [2.45, 2.75) is 171 Å². The molecular weight excluding hydrogens is 714 g/mol. The Morgan fingerprint density at radius 1 is 0.673 bits per heavy atom. The molecule has 0 bridgehead atoms. The predicted molar refractivity (Wildman–Crippen MR) is 207 cm³/mol. The number of ether oxygens (including phenoxy) is 4. The molecule has 0 radical (unpaired) electrons. The number of aliphatic hydroxyl groups excluding tert-OH is 8. The average molecular weight is 784 g/mol. The standard InChI is InChI=1S/C41H69NO13/c1-3-5-7-9-10-11-12-13-14-15-16-17-18-19-20-21-23-25-33(46)42-29(30(45)24-22-8-6-4-2)28-52-40-38(51)36(49)39(32(27-44)54-40)55-41-37(50)35(48)34(47)31(26-43)53-41/h5,7,10-11,13-14,16-17,22,24,29-32,34-41,43-45,47-51H,3-4,6,8-9,12,15,18-21,23,25-28H2,1-2H3,(H,42,46)/b7-5-,11-10-,14-13-,17-16-,24-22+. The van der Waals surface area contributed by atoms with Gasteiger partial charge in [-0.15, -0.1) is 0 Å². The van der Waals surface area contributed by atoms with Crippen molar-refractivity contribution in [2.24, 2.45) is 0 Å². The Morgan fingerprint density at radius 3 is 1.89 bits per heavy atom. The Labute approximate surface area is 326 Å². The molecule has 0 aliphatic carbocycles. The third-order valence-corrected chi connectivity index (χ3v) is 9.46. The molecular formula is C41H69NO13. The second kappa shape index (κ2) is 29.0. The van der Waals surface area contributed by atoms with E-state index in [1.807, 2.05) is 6.08 Å². The minimum absolute atomic E-state index is 0.248. The minimum atomic E-state index is -1.79. The molecule has 2 saturated heterocycles. The van der Waals surface area contributed by atoms with E-state index in [-0.39, 0.29) is 18.9 Å². The van der Waals surface area contributed by atoms with Gasteiger partial charge in [0.05, 0.1) is 32.0 Å². The third-order valence-electron chi connectivity index (χ3n) is 9.46. The highest BCUT2D eigenvalue weighted by Gasteiger charge is 2.50. The van der Waals surface area contributed by atoms with Gasteiger partial charge in [0.25, 0.3) is 0 Å². The fraction of sp³-hybridized carbons (Fsp3) is 0.732. The molecule has 0 saturated carbocycles. The Bertz CT molecular complexity index is 1160. The van der Waals surface area contributed by atoms with Gasteiger partial charge in [-0.05, 0) is 51.4 Å². The molecule has 0 aromatic carbocycles. The molecule has 2 aliphatic rings. The van der Waals surface area contributed by atoms with Gasteiger partial charge in [-0.25, -0.2) is 0 Å². The molecule has 14 heteroatoms. The first-order chi connectivity index (χ1) is 26.6. The summed E-state index contributed by atoms with van der Waals surface area (Å²) in [6, 6.07) is -0.924. The van der Waals surface area contributed by atoms with Crippen molar-refractivity contribution >= 4 is 5.91 Å². The molecule has 2 aliphatic heterocycles. The van der Waals surface area contributed by atoms with E-state index < -0.39 is 86.8 Å². The van der Waals surface area contributed by atoms with Gasteiger partial charge >= 0.3 is 0 Å². The summed E-state index contributed by atoms with van der Waals surface area (Å²) in [6.07, 6.45) is 15.0. The van der Waals surface area contributed by atoms with Crippen molar-refractivity contribution in [2.75, 3.05) is 19.8 Å². The van der Waals surface area contributed by atoms with Crippen molar-refractivity contribution in [3.8, 4) is 0 Å². The molecule has 1 amide bonds. The lowest BCUT2D eigenvalue weighted by atomic mass is 9.97. The van der Waals surface area contributed by atoms with Crippen LogP contribution in [0.15, 0.2) is 60.8 Å². The van der Waals surface area contributed by atoms with E-state index >= 15 is 0 Å². The largest absolute Gasteiger partial charge is 0.394 e. The van der Waals surface area contributed by atoms with Crippen molar-refractivity contribution in [3.05, 3.63) is 60.8 Å². The van der Waals surface area contributed by atoms with Crippen LogP contribution in [0.1, 0.15) is 97.3 Å². The predicted octanol–water partition coefficient (Wildman–Crippen LogP) is 2.36. The Balaban J connectivity index is 1.84. The second-order valence-electron chi connectivity index (χ2n) is 14.0. The van der Waals surface area contributed by atoms with E-state index in [0.717, 1.165) is 70.6 Å². The van der Waals surface area contributed by atoms with E-state index in [2.05, 4.69) is 67.8 Å². The number of aliphatic hydroxyl groups is 8. The maximum atomic E-state index is 12.9. The fourth-order valence-electron chi connectivity index (χ4n) is 6.09. The number of carbonyl (C=O) groups is 1. The van der Waals surface area contributed by atoms with Crippen LogP contribution in [0.4, 0.5) is 0 Å².